The minimum Gasteiger partial charge on any atom is -0.320 e. The van der Waals surface area contributed by atoms with Gasteiger partial charge in [0, 0.05) is 22.2 Å². The van der Waals surface area contributed by atoms with Gasteiger partial charge in [-0.3, -0.25) is 4.79 Å². The number of benzene rings is 1. The average Bonchev–Trinajstić information content (AvgIpc) is 3.22. The Morgan fingerprint density at radius 2 is 2.00 bits per heavy atom. The van der Waals surface area contributed by atoms with Gasteiger partial charge in [-0.25, -0.2) is 4.98 Å². The van der Waals surface area contributed by atoms with Crippen molar-refractivity contribution >= 4 is 34.7 Å². The van der Waals surface area contributed by atoms with Crippen molar-refractivity contribution in [2.45, 2.75) is 63.5 Å². The number of rotatable bonds is 7. The lowest BCUT2D eigenvalue weighted by Crippen LogP contribution is -2.34. The Balaban J connectivity index is 1.58. The van der Waals surface area contributed by atoms with E-state index >= 15 is 0 Å². The summed E-state index contributed by atoms with van der Waals surface area (Å²) >= 11 is 3.58. The number of nitrogens with one attached hydrogen (secondary N) is 1. The number of carbonyl (C=O) groups excluding carboxylic acids is 1. The summed E-state index contributed by atoms with van der Waals surface area (Å²) in [5.41, 5.74) is 2.52. The lowest BCUT2D eigenvalue weighted by atomic mass is 9.86. The maximum Gasteiger partial charge on any atom is 0.275 e. The predicted molar refractivity (Wildman–Crippen MR) is 131 cm³/mol. The zero-order chi connectivity index (χ0) is 21.7. The summed E-state index contributed by atoms with van der Waals surface area (Å²) in [4.78, 5) is 20.1. The monoisotopic (exact) mass is 445 g/mol. The van der Waals surface area contributed by atoms with Crippen molar-refractivity contribution in [3.05, 3.63) is 45.9 Å². The molecule has 1 aliphatic rings. The second-order valence-electron chi connectivity index (χ2n) is 9.27. The number of anilines is 1. The molecule has 1 aliphatic heterocycles. The lowest BCUT2D eigenvalue weighted by Gasteiger charge is -2.31. The molecule has 1 unspecified atom stereocenters. The molecule has 1 aromatic heterocycles. The third-order valence-corrected chi connectivity index (χ3v) is 7.98. The van der Waals surface area contributed by atoms with Crippen molar-refractivity contribution in [2.75, 3.05) is 31.2 Å². The van der Waals surface area contributed by atoms with Crippen LogP contribution in [-0.4, -0.2) is 46.9 Å². The molecule has 0 radical (unpaired) electrons. The molecule has 3 rings (SSSR count). The molecule has 0 bridgehead atoms. The molecule has 164 valence electrons. The normalized spacial score (nSPS) is 17.1. The first-order valence-corrected chi connectivity index (χ1v) is 13.1. The molecule has 0 saturated carbocycles. The number of piperidine rings is 1. The van der Waals surface area contributed by atoms with Gasteiger partial charge in [0.05, 0.1) is 5.01 Å². The largest absolute Gasteiger partial charge is 0.320 e. The highest BCUT2D eigenvalue weighted by molar-refractivity contribution is 7.99. The number of thioether (sulfide) groups is 1. The number of hydrogen-bond donors (Lipinski definition) is 1. The molecule has 2 aromatic rings. The Labute approximate surface area is 189 Å². The van der Waals surface area contributed by atoms with Crippen LogP contribution in [-0.2, 0) is 5.41 Å². The highest BCUT2D eigenvalue weighted by Gasteiger charge is 2.25. The first-order chi connectivity index (χ1) is 14.3. The summed E-state index contributed by atoms with van der Waals surface area (Å²) in [6.45, 7) is 12.2. The van der Waals surface area contributed by atoms with E-state index in [4.69, 9.17) is 4.98 Å². The van der Waals surface area contributed by atoms with Crippen LogP contribution in [0.3, 0.4) is 0 Å². The van der Waals surface area contributed by atoms with Crippen molar-refractivity contribution in [3.63, 3.8) is 0 Å². The molecule has 0 spiro atoms. The molecule has 0 aliphatic carbocycles. The maximum atomic E-state index is 12.8. The van der Waals surface area contributed by atoms with Gasteiger partial charge in [0.1, 0.15) is 5.69 Å². The summed E-state index contributed by atoms with van der Waals surface area (Å²) < 4.78 is 0. The van der Waals surface area contributed by atoms with Crippen LogP contribution in [0.1, 0.15) is 73.9 Å². The number of likely N-dealkylation sites (tertiary alicyclic amines) is 1. The standard InChI is InChI=1S/C24H35N3OS2/c1-17(29-5)10-13-27-14-11-18(12-15-27)23-26-21(16-30-23)22(28)25-20-9-7-6-8-19(20)24(2,3)4/h6-9,16-18H,10-15H2,1-5H3,(H,25,28). The molecule has 2 heterocycles. The number of para-hydroxylation sites is 1. The molecule has 1 atom stereocenters. The van der Waals surface area contributed by atoms with Gasteiger partial charge >= 0.3 is 0 Å². The average molecular weight is 446 g/mol. The second kappa shape index (κ2) is 10.3. The number of carbonyl (C=O) groups is 1. The number of thiazole rings is 1. The summed E-state index contributed by atoms with van der Waals surface area (Å²) in [5, 5.41) is 6.84. The number of aromatic nitrogens is 1. The van der Waals surface area contributed by atoms with Crippen LogP contribution in [0.15, 0.2) is 29.6 Å². The smallest absolute Gasteiger partial charge is 0.275 e. The van der Waals surface area contributed by atoms with E-state index in [1.165, 1.54) is 13.0 Å². The molecule has 30 heavy (non-hydrogen) atoms. The fraction of sp³-hybridized carbons (Fsp3) is 0.583. The Morgan fingerprint density at radius 3 is 2.67 bits per heavy atom. The van der Waals surface area contributed by atoms with Crippen molar-refractivity contribution in [1.82, 2.24) is 9.88 Å². The van der Waals surface area contributed by atoms with Crippen LogP contribution in [0, 0.1) is 0 Å². The Morgan fingerprint density at radius 1 is 1.30 bits per heavy atom. The first-order valence-electron chi connectivity index (χ1n) is 10.9. The van der Waals surface area contributed by atoms with Gasteiger partial charge in [-0.1, -0.05) is 45.9 Å². The lowest BCUT2D eigenvalue weighted by molar-refractivity contribution is 0.102. The molecule has 1 N–H and O–H groups in total. The quantitative estimate of drug-likeness (QED) is 0.566. The van der Waals surface area contributed by atoms with Crippen LogP contribution < -0.4 is 5.32 Å². The molecule has 6 heteroatoms. The summed E-state index contributed by atoms with van der Waals surface area (Å²) in [6, 6.07) is 8.03. The summed E-state index contributed by atoms with van der Waals surface area (Å²) in [5.74, 6) is 0.366. The van der Waals surface area contributed by atoms with E-state index in [0.717, 1.165) is 47.4 Å². The summed E-state index contributed by atoms with van der Waals surface area (Å²) in [7, 11) is 0. The molecule has 1 saturated heterocycles. The van der Waals surface area contributed by atoms with Gasteiger partial charge in [0.15, 0.2) is 0 Å². The highest BCUT2D eigenvalue weighted by atomic mass is 32.2. The molecular weight excluding hydrogens is 410 g/mol. The number of nitrogens with zero attached hydrogens (tertiary/aromatic N) is 2. The number of amides is 1. The fourth-order valence-electron chi connectivity index (χ4n) is 3.90. The maximum absolute atomic E-state index is 12.8. The van der Waals surface area contributed by atoms with Crippen LogP contribution >= 0.6 is 23.1 Å². The van der Waals surface area contributed by atoms with Crippen LogP contribution in [0.5, 0.6) is 0 Å². The Bertz CT molecular complexity index is 835. The molecule has 1 fully saturated rings. The van der Waals surface area contributed by atoms with Gasteiger partial charge in [-0.2, -0.15) is 11.8 Å². The van der Waals surface area contributed by atoms with Crippen LogP contribution in [0.4, 0.5) is 5.69 Å². The van der Waals surface area contributed by atoms with Gasteiger partial charge in [-0.05, 0) is 62.2 Å². The number of hydrogen-bond acceptors (Lipinski definition) is 5. The molecular formula is C24H35N3OS2. The Kier molecular flexibility index (Phi) is 7.99. The summed E-state index contributed by atoms with van der Waals surface area (Å²) in [6.07, 6.45) is 5.71. The van der Waals surface area contributed by atoms with Crippen LogP contribution in [0.2, 0.25) is 0 Å². The molecule has 1 aromatic carbocycles. The minimum atomic E-state index is -0.113. The van der Waals surface area contributed by atoms with E-state index < -0.39 is 0 Å². The predicted octanol–water partition coefficient (Wildman–Crippen LogP) is 6.01. The van der Waals surface area contributed by atoms with Crippen molar-refractivity contribution < 1.29 is 4.79 Å². The highest BCUT2D eigenvalue weighted by Crippen LogP contribution is 2.32. The third kappa shape index (κ3) is 6.08. The molecule has 1 amide bonds. The zero-order valence-electron chi connectivity index (χ0n) is 18.9. The van der Waals surface area contributed by atoms with E-state index in [2.05, 4.69) is 50.2 Å². The first kappa shape index (κ1) is 23.3. The fourth-order valence-corrected chi connectivity index (χ4v) is 5.21. The second-order valence-corrected chi connectivity index (χ2v) is 11.4. The van der Waals surface area contributed by atoms with E-state index in [1.54, 1.807) is 11.3 Å². The van der Waals surface area contributed by atoms with Gasteiger partial charge < -0.3 is 10.2 Å². The van der Waals surface area contributed by atoms with E-state index in [9.17, 15) is 4.79 Å². The van der Waals surface area contributed by atoms with Crippen molar-refractivity contribution in [3.8, 4) is 0 Å². The van der Waals surface area contributed by atoms with E-state index in [1.807, 2.05) is 35.3 Å². The SMILES string of the molecule is CSC(C)CCN1CCC(c2nc(C(=O)Nc3ccccc3C(C)(C)C)cs2)CC1. The third-order valence-electron chi connectivity index (χ3n) is 5.93. The zero-order valence-corrected chi connectivity index (χ0v) is 20.5. The van der Waals surface area contributed by atoms with Crippen molar-refractivity contribution in [2.24, 2.45) is 0 Å². The Hall–Kier alpha value is -1.37. The molecule has 4 nitrogen and oxygen atoms in total. The van der Waals surface area contributed by atoms with Gasteiger partial charge in [-0.15, -0.1) is 11.3 Å². The van der Waals surface area contributed by atoms with Crippen molar-refractivity contribution in [1.29, 1.82) is 0 Å². The van der Waals surface area contributed by atoms with Gasteiger partial charge in [0.2, 0.25) is 0 Å². The topological polar surface area (TPSA) is 45.2 Å². The minimum absolute atomic E-state index is 0.0291. The van der Waals surface area contributed by atoms with Gasteiger partial charge in [0.25, 0.3) is 5.91 Å². The van der Waals surface area contributed by atoms with E-state index in [0.29, 0.717) is 11.6 Å². The van der Waals surface area contributed by atoms with Crippen LogP contribution in [0.25, 0.3) is 0 Å². The van der Waals surface area contributed by atoms with E-state index in [-0.39, 0.29) is 11.3 Å².